The van der Waals surface area contributed by atoms with Crippen LogP contribution in [-0.4, -0.2) is 34.6 Å². The first-order valence-corrected chi connectivity index (χ1v) is 11.3. The lowest BCUT2D eigenvalue weighted by Gasteiger charge is -2.15. The molecule has 0 aromatic heterocycles. The number of anilines is 2. The van der Waals surface area contributed by atoms with Crippen LogP contribution in [0.3, 0.4) is 0 Å². The molecule has 0 saturated heterocycles. The minimum Gasteiger partial charge on any atom is -0.497 e. The Kier molecular flexibility index (Phi) is 7.39. The van der Waals surface area contributed by atoms with E-state index in [2.05, 4.69) is 10.0 Å². The quantitative estimate of drug-likeness (QED) is 0.485. The van der Waals surface area contributed by atoms with Crippen molar-refractivity contribution < 1.29 is 31.8 Å². The first kappa shape index (κ1) is 23.9. The Morgan fingerprint density at radius 1 is 0.909 bits per heavy atom. The fourth-order valence-electron chi connectivity index (χ4n) is 2.82. The van der Waals surface area contributed by atoms with Gasteiger partial charge in [0.05, 0.1) is 24.8 Å². The van der Waals surface area contributed by atoms with Gasteiger partial charge in [-0.25, -0.2) is 12.8 Å². The third kappa shape index (κ3) is 6.13. The Balaban J connectivity index is 1.66. The maximum atomic E-state index is 13.0. The van der Waals surface area contributed by atoms with Gasteiger partial charge in [-0.2, -0.15) is 0 Å². The SMILES string of the molecule is COc1ccc(NS(=O)(=O)c2ccc(NC(=O)[C@@H](C)Oc3ccc(F)cc3)cc2)c(OC)c1. The zero-order valence-corrected chi connectivity index (χ0v) is 19.0. The predicted octanol–water partition coefficient (Wildman–Crippen LogP) is 4.05. The lowest BCUT2D eigenvalue weighted by Crippen LogP contribution is -2.30. The van der Waals surface area contributed by atoms with Crippen molar-refractivity contribution in [2.75, 3.05) is 24.3 Å². The van der Waals surface area contributed by atoms with Crippen molar-refractivity contribution in [2.45, 2.75) is 17.9 Å². The van der Waals surface area contributed by atoms with Crippen LogP contribution in [0.1, 0.15) is 6.92 Å². The zero-order valence-electron chi connectivity index (χ0n) is 18.2. The molecule has 1 amide bonds. The predicted molar refractivity (Wildman–Crippen MR) is 122 cm³/mol. The molecule has 2 N–H and O–H groups in total. The van der Waals surface area contributed by atoms with Gasteiger partial charge in [0.1, 0.15) is 23.1 Å². The minimum atomic E-state index is -3.91. The molecule has 3 aromatic carbocycles. The summed E-state index contributed by atoms with van der Waals surface area (Å²) in [5, 5.41) is 2.65. The minimum absolute atomic E-state index is 0.00557. The first-order valence-electron chi connectivity index (χ1n) is 9.80. The molecule has 1 atom stereocenters. The summed E-state index contributed by atoms with van der Waals surface area (Å²) in [5.74, 6) is 0.315. The fourth-order valence-corrected chi connectivity index (χ4v) is 3.89. The van der Waals surface area contributed by atoms with Gasteiger partial charge < -0.3 is 19.5 Å². The summed E-state index contributed by atoms with van der Waals surface area (Å²) in [5.41, 5.74) is 0.637. The zero-order chi connectivity index (χ0) is 24.0. The third-order valence-corrected chi connectivity index (χ3v) is 5.96. The van der Waals surface area contributed by atoms with Crippen LogP contribution in [0, 0.1) is 5.82 Å². The van der Waals surface area contributed by atoms with Gasteiger partial charge in [-0.05, 0) is 67.6 Å². The van der Waals surface area contributed by atoms with Crippen LogP contribution in [0.25, 0.3) is 0 Å². The molecule has 33 heavy (non-hydrogen) atoms. The Labute approximate surface area is 191 Å². The number of carbonyl (C=O) groups excluding carboxylic acids is 1. The highest BCUT2D eigenvalue weighted by Crippen LogP contribution is 2.31. The largest absolute Gasteiger partial charge is 0.497 e. The number of hydrogen-bond acceptors (Lipinski definition) is 6. The van der Waals surface area contributed by atoms with Crippen LogP contribution in [0.5, 0.6) is 17.2 Å². The molecule has 0 aliphatic heterocycles. The molecule has 0 aliphatic carbocycles. The van der Waals surface area contributed by atoms with E-state index in [9.17, 15) is 17.6 Å². The highest BCUT2D eigenvalue weighted by Gasteiger charge is 2.19. The summed E-state index contributed by atoms with van der Waals surface area (Å²) >= 11 is 0. The van der Waals surface area contributed by atoms with Crippen molar-refractivity contribution in [1.82, 2.24) is 0 Å². The molecule has 0 spiro atoms. The van der Waals surface area contributed by atoms with E-state index in [0.29, 0.717) is 22.9 Å². The number of nitrogens with one attached hydrogen (secondary N) is 2. The van der Waals surface area contributed by atoms with Gasteiger partial charge in [-0.1, -0.05) is 0 Å². The number of halogens is 1. The normalized spacial score (nSPS) is 11.9. The van der Waals surface area contributed by atoms with E-state index in [4.69, 9.17) is 14.2 Å². The molecule has 0 heterocycles. The van der Waals surface area contributed by atoms with Crippen molar-refractivity contribution in [3.05, 3.63) is 72.5 Å². The van der Waals surface area contributed by atoms with Crippen LogP contribution in [0.2, 0.25) is 0 Å². The van der Waals surface area contributed by atoms with Crippen molar-refractivity contribution >= 4 is 27.3 Å². The fraction of sp³-hybridized carbons (Fsp3) is 0.174. The van der Waals surface area contributed by atoms with Crippen LogP contribution in [-0.2, 0) is 14.8 Å². The van der Waals surface area contributed by atoms with Crippen LogP contribution in [0.4, 0.5) is 15.8 Å². The summed E-state index contributed by atoms with van der Waals surface area (Å²) < 4.78 is 56.8. The average Bonchev–Trinajstić information content (AvgIpc) is 2.81. The number of hydrogen-bond donors (Lipinski definition) is 2. The maximum absolute atomic E-state index is 13.0. The molecular weight excluding hydrogens is 451 g/mol. The average molecular weight is 475 g/mol. The smallest absolute Gasteiger partial charge is 0.265 e. The van der Waals surface area contributed by atoms with Gasteiger partial charge in [0.15, 0.2) is 6.10 Å². The molecule has 3 rings (SSSR count). The summed E-state index contributed by atoms with van der Waals surface area (Å²) in [4.78, 5) is 12.4. The summed E-state index contributed by atoms with van der Waals surface area (Å²) in [6, 6.07) is 15.6. The number of benzene rings is 3. The molecule has 174 valence electrons. The van der Waals surface area contributed by atoms with Crippen molar-refractivity contribution in [2.24, 2.45) is 0 Å². The molecule has 0 bridgehead atoms. The number of amides is 1. The summed E-state index contributed by atoms with van der Waals surface area (Å²) in [6.07, 6.45) is -0.858. The van der Waals surface area contributed by atoms with Crippen LogP contribution in [0.15, 0.2) is 71.6 Å². The molecule has 10 heteroatoms. The van der Waals surface area contributed by atoms with E-state index in [1.165, 1.54) is 68.8 Å². The van der Waals surface area contributed by atoms with Gasteiger partial charge in [0.25, 0.3) is 15.9 Å². The highest BCUT2D eigenvalue weighted by atomic mass is 32.2. The monoisotopic (exact) mass is 474 g/mol. The molecule has 0 unspecified atom stereocenters. The second-order valence-corrected chi connectivity index (χ2v) is 8.58. The van der Waals surface area contributed by atoms with Crippen LogP contribution < -0.4 is 24.2 Å². The number of rotatable bonds is 9. The summed E-state index contributed by atoms with van der Waals surface area (Å²) in [6.45, 7) is 1.55. The molecule has 0 radical (unpaired) electrons. The van der Waals surface area contributed by atoms with E-state index in [-0.39, 0.29) is 10.6 Å². The number of ether oxygens (including phenoxy) is 3. The molecule has 8 nitrogen and oxygen atoms in total. The Morgan fingerprint density at radius 3 is 2.15 bits per heavy atom. The highest BCUT2D eigenvalue weighted by molar-refractivity contribution is 7.92. The number of sulfonamides is 1. The van der Waals surface area contributed by atoms with Crippen LogP contribution >= 0.6 is 0 Å². The number of carbonyl (C=O) groups is 1. The first-order chi connectivity index (χ1) is 15.7. The molecule has 3 aromatic rings. The van der Waals surface area contributed by atoms with Crippen molar-refractivity contribution in [3.8, 4) is 17.2 Å². The van der Waals surface area contributed by atoms with Gasteiger partial charge in [-0.15, -0.1) is 0 Å². The molecule has 0 aliphatic rings. The second kappa shape index (κ2) is 10.2. The lowest BCUT2D eigenvalue weighted by molar-refractivity contribution is -0.122. The van der Waals surface area contributed by atoms with E-state index < -0.39 is 27.9 Å². The topological polar surface area (TPSA) is 103 Å². The Morgan fingerprint density at radius 2 is 1.55 bits per heavy atom. The second-order valence-electron chi connectivity index (χ2n) is 6.90. The Hall–Kier alpha value is -3.79. The molecular formula is C23H23FN2O6S. The van der Waals surface area contributed by atoms with Crippen molar-refractivity contribution in [3.63, 3.8) is 0 Å². The summed E-state index contributed by atoms with van der Waals surface area (Å²) in [7, 11) is -0.994. The van der Waals surface area contributed by atoms with Gasteiger partial charge in [0, 0.05) is 11.8 Å². The van der Waals surface area contributed by atoms with Gasteiger partial charge >= 0.3 is 0 Å². The van der Waals surface area contributed by atoms with Gasteiger partial charge in [-0.3, -0.25) is 9.52 Å². The van der Waals surface area contributed by atoms with Gasteiger partial charge in [0.2, 0.25) is 0 Å². The lowest BCUT2D eigenvalue weighted by atomic mass is 10.3. The van der Waals surface area contributed by atoms with E-state index >= 15 is 0 Å². The third-order valence-electron chi connectivity index (χ3n) is 4.58. The molecule has 0 saturated carbocycles. The Bertz CT molecular complexity index is 1210. The van der Waals surface area contributed by atoms with E-state index in [1.807, 2.05) is 0 Å². The van der Waals surface area contributed by atoms with E-state index in [0.717, 1.165) is 0 Å². The van der Waals surface area contributed by atoms with E-state index in [1.54, 1.807) is 19.1 Å². The maximum Gasteiger partial charge on any atom is 0.265 e. The van der Waals surface area contributed by atoms with Crippen molar-refractivity contribution in [1.29, 1.82) is 0 Å². The number of methoxy groups -OCH3 is 2. The standard InChI is InChI=1S/C23H23FN2O6S/c1-15(32-18-8-4-16(24)5-9-18)23(27)25-17-6-11-20(12-7-17)33(28,29)26-21-13-10-19(30-2)14-22(21)31-3/h4-15,26H,1-3H3,(H,25,27)/t15-/m1/s1. The molecule has 0 fully saturated rings.